The second-order valence-corrected chi connectivity index (χ2v) is 7.70. The van der Waals surface area contributed by atoms with Crippen molar-refractivity contribution < 1.29 is 9.53 Å². The standard InChI is InChI=1S/C20H21N7O2/c1-12-9-21-20(22-10-12)29-17-8-14-7-16(17)26(11-14)19(28)18-15(4-3-13(2)25-18)27-23-5-6-24-27/h3-6,9-10,14,16-17H,7-8,11H2,1-2H3/t14-,16+,17-/m1/s1. The monoisotopic (exact) mass is 391 g/mol. The van der Waals surface area contributed by atoms with Crippen LogP contribution in [0.25, 0.3) is 5.69 Å². The number of carbonyl (C=O) groups is 1. The molecule has 1 saturated carbocycles. The number of amides is 1. The SMILES string of the molecule is Cc1cnc(O[C@@H]2C[C@H]3C[C@@H]2N(C(=O)c2nc(C)ccc2-n2nccn2)C3)nc1. The second-order valence-electron chi connectivity index (χ2n) is 7.70. The molecular weight excluding hydrogens is 370 g/mol. The van der Waals surface area contributed by atoms with Crippen LogP contribution >= 0.6 is 0 Å². The molecule has 9 nitrogen and oxygen atoms in total. The number of carbonyl (C=O) groups excluding carboxylic acids is 1. The molecule has 0 N–H and O–H groups in total. The van der Waals surface area contributed by atoms with Gasteiger partial charge < -0.3 is 9.64 Å². The van der Waals surface area contributed by atoms with Gasteiger partial charge in [-0.2, -0.15) is 10.2 Å². The highest BCUT2D eigenvalue weighted by atomic mass is 16.5. The van der Waals surface area contributed by atoms with Gasteiger partial charge in [0.25, 0.3) is 5.91 Å². The first-order valence-corrected chi connectivity index (χ1v) is 9.69. The lowest BCUT2D eigenvalue weighted by atomic mass is 10.1. The van der Waals surface area contributed by atoms with E-state index in [9.17, 15) is 4.79 Å². The summed E-state index contributed by atoms with van der Waals surface area (Å²) in [5.74, 6) is 0.294. The van der Waals surface area contributed by atoms with Gasteiger partial charge in [-0.3, -0.25) is 4.79 Å². The largest absolute Gasteiger partial charge is 0.458 e. The Balaban J connectivity index is 1.41. The zero-order chi connectivity index (χ0) is 20.0. The van der Waals surface area contributed by atoms with E-state index in [4.69, 9.17) is 4.74 Å². The molecule has 1 aliphatic heterocycles. The zero-order valence-electron chi connectivity index (χ0n) is 16.3. The minimum atomic E-state index is -0.119. The molecule has 2 fully saturated rings. The average molecular weight is 391 g/mol. The van der Waals surface area contributed by atoms with Crippen LogP contribution < -0.4 is 4.74 Å². The van der Waals surface area contributed by atoms with Crippen molar-refractivity contribution >= 4 is 5.91 Å². The molecule has 1 saturated heterocycles. The van der Waals surface area contributed by atoms with Gasteiger partial charge in [-0.05, 0) is 50.3 Å². The van der Waals surface area contributed by atoms with E-state index < -0.39 is 0 Å². The van der Waals surface area contributed by atoms with Crippen LogP contribution in [0.5, 0.6) is 6.01 Å². The molecular formula is C20H21N7O2. The van der Waals surface area contributed by atoms with Crippen molar-refractivity contribution in [3.8, 4) is 11.7 Å². The number of pyridine rings is 1. The summed E-state index contributed by atoms with van der Waals surface area (Å²) in [6, 6.07) is 4.03. The van der Waals surface area contributed by atoms with Crippen LogP contribution in [0.1, 0.15) is 34.6 Å². The Hall–Kier alpha value is -3.36. The maximum atomic E-state index is 13.5. The molecule has 1 amide bonds. The highest BCUT2D eigenvalue weighted by Gasteiger charge is 2.49. The molecule has 3 aromatic heterocycles. The number of likely N-dealkylation sites (tertiary alicyclic amines) is 1. The summed E-state index contributed by atoms with van der Waals surface area (Å²) in [6.07, 6.45) is 8.34. The third-order valence-corrected chi connectivity index (χ3v) is 5.55. The molecule has 0 unspecified atom stereocenters. The van der Waals surface area contributed by atoms with Crippen LogP contribution in [0.2, 0.25) is 0 Å². The molecule has 148 valence electrons. The van der Waals surface area contributed by atoms with E-state index in [1.807, 2.05) is 30.9 Å². The van der Waals surface area contributed by atoms with Gasteiger partial charge >= 0.3 is 6.01 Å². The molecule has 29 heavy (non-hydrogen) atoms. The third kappa shape index (κ3) is 3.22. The molecule has 3 atom stereocenters. The Morgan fingerprint density at radius 1 is 1.10 bits per heavy atom. The first-order chi connectivity index (χ1) is 14.1. The van der Waals surface area contributed by atoms with E-state index in [1.165, 1.54) is 4.80 Å². The lowest BCUT2D eigenvalue weighted by molar-refractivity contribution is 0.0447. The van der Waals surface area contributed by atoms with Crippen LogP contribution in [0.3, 0.4) is 0 Å². The van der Waals surface area contributed by atoms with Gasteiger partial charge in [0.15, 0.2) is 5.69 Å². The highest BCUT2D eigenvalue weighted by Crippen LogP contribution is 2.40. The Bertz CT molecular complexity index is 1040. The molecule has 2 aliphatic rings. The molecule has 0 spiro atoms. The predicted molar refractivity (Wildman–Crippen MR) is 103 cm³/mol. The van der Waals surface area contributed by atoms with E-state index in [-0.39, 0.29) is 18.1 Å². The van der Waals surface area contributed by atoms with Crippen LogP contribution in [-0.4, -0.2) is 59.4 Å². The Morgan fingerprint density at radius 3 is 2.59 bits per heavy atom. The first-order valence-electron chi connectivity index (χ1n) is 9.69. The van der Waals surface area contributed by atoms with Crippen molar-refractivity contribution in [2.75, 3.05) is 6.54 Å². The summed E-state index contributed by atoms with van der Waals surface area (Å²) in [6.45, 7) is 4.51. The normalized spacial score (nSPS) is 22.8. The van der Waals surface area contributed by atoms with Crippen molar-refractivity contribution in [2.24, 2.45) is 5.92 Å². The average Bonchev–Trinajstić information content (AvgIpc) is 3.46. The lowest BCUT2D eigenvalue weighted by Crippen LogP contribution is -2.47. The quantitative estimate of drug-likeness (QED) is 0.668. The summed E-state index contributed by atoms with van der Waals surface area (Å²) in [7, 11) is 0. The van der Waals surface area contributed by atoms with Crippen LogP contribution in [0, 0.1) is 19.8 Å². The molecule has 0 aromatic carbocycles. The fourth-order valence-electron chi connectivity index (χ4n) is 4.25. The second kappa shape index (κ2) is 6.91. The van der Waals surface area contributed by atoms with Gasteiger partial charge in [0.1, 0.15) is 11.8 Å². The minimum absolute atomic E-state index is 0.0156. The predicted octanol–water partition coefficient (Wildman–Crippen LogP) is 1.75. The van der Waals surface area contributed by atoms with Crippen LogP contribution in [0.4, 0.5) is 0 Å². The van der Waals surface area contributed by atoms with Crippen molar-refractivity contribution in [1.29, 1.82) is 0 Å². The summed E-state index contributed by atoms with van der Waals surface area (Å²) in [5.41, 5.74) is 2.69. The van der Waals surface area contributed by atoms with E-state index >= 15 is 0 Å². The summed E-state index contributed by atoms with van der Waals surface area (Å²) >= 11 is 0. The topological polar surface area (TPSA) is 98.9 Å². The van der Waals surface area contributed by atoms with Crippen LogP contribution in [-0.2, 0) is 0 Å². The molecule has 1 aliphatic carbocycles. The van der Waals surface area contributed by atoms with Gasteiger partial charge in [-0.15, -0.1) is 4.80 Å². The van der Waals surface area contributed by atoms with Gasteiger partial charge in [-0.1, -0.05) is 0 Å². The third-order valence-electron chi connectivity index (χ3n) is 5.55. The van der Waals surface area contributed by atoms with Gasteiger partial charge in [-0.25, -0.2) is 15.0 Å². The van der Waals surface area contributed by atoms with Crippen molar-refractivity contribution in [3.05, 3.63) is 53.9 Å². The van der Waals surface area contributed by atoms with Gasteiger partial charge in [0.2, 0.25) is 0 Å². The fraction of sp³-hybridized carbons (Fsp3) is 0.400. The molecule has 0 radical (unpaired) electrons. The lowest BCUT2D eigenvalue weighted by Gasteiger charge is -2.33. The van der Waals surface area contributed by atoms with E-state index in [1.54, 1.807) is 24.8 Å². The zero-order valence-corrected chi connectivity index (χ0v) is 16.3. The number of hydrogen-bond donors (Lipinski definition) is 0. The minimum Gasteiger partial charge on any atom is -0.458 e. The smallest absolute Gasteiger partial charge is 0.316 e. The van der Waals surface area contributed by atoms with Crippen molar-refractivity contribution in [3.63, 3.8) is 0 Å². The van der Waals surface area contributed by atoms with Gasteiger partial charge in [0.05, 0.1) is 18.4 Å². The Kier molecular flexibility index (Phi) is 4.22. The highest BCUT2D eigenvalue weighted by molar-refractivity contribution is 5.96. The number of hydrogen-bond acceptors (Lipinski definition) is 7. The number of aromatic nitrogens is 6. The summed E-state index contributed by atoms with van der Waals surface area (Å²) in [5, 5.41) is 8.33. The van der Waals surface area contributed by atoms with E-state index in [0.29, 0.717) is 29.9 Å². The molecule has 3 aromatic rings. The van der Waals surface area contributed by atoms with Gasteiger partial charge in [0, 0.05) is 24.6 Å². The number of fused-ring (bicyclic) bond motifs is 2. The first kappa shape index (κ1) is 17.7. The van der Waals surface area contributed by atoms with Crippen molar-refractivity contribution in [2.45, 2.75) is 38.8 Å². The number of nitrogens with zero attached hydrogens (tertiary/aromatic N) is 7. The van der Waals surface area contributed by atoms with Crippen LogP contribution in [0.15, 0.2) is 36.9 Å². The van der Waals surface area contributed by atoms with E-state index in [0.717, 1.165) is 24.1 Å². The number of piperidine rings is 1. The van der Waals surface area contributed by atoms with E-state index in [2.05, 4.69) is 25.1 Å². The molecule has 5 rings (SSSR count). The Labute approximate surface area is 167 Å². The maximum absolute atomic E-state index is 13.5. The fourth-order valence-corrected chi connectivity index (χ4v) is 4.25. The molecule has 9 heteroatoms. The Morgan fingerprint density at radius 2 is 1.86 bits per heavy atom. The number of rotatable bonds is 4. The number of aryl methyl sites for hydroxylation is 2. The summed E-state index contributed by atoms with van der Waals surface area (Å²) in [4.78, 5) is 29.8. The summed E-state index contributed by atoms with van der Waals surface area (Å²) < 4.78 is 6.04. The molecule has 2 bridgehead atoms. The maximum Gasteiger partial charge on any atom is 0.316 e. The number of ether oxygens (including phenoxy) is 1. The molecule has 4 heterocycles. The van der Waals surface area contributed by atoms with Crippen molar-refractivity contribution in [1.82, 2.24) is 34.8 Å².